The molecule has 0 saturated carbocycles. The molecule has 0 radical (unpaired) electrons. The van der Waals surface area contributed by atoms with Crippen molar-refractivity contribution in [1.82, 2.24) is 0 Å². The normalized spacial score (nSPS) is 14.8. The van der Waals surface area contributed by atoms with E-state index in [1.807, 2.05) is 24.3 Å². The second kappa shape index (κ2) is 5.10. The van der Waals surface area contributed by atoms with Gasteiger partial charge in [-0.05, 0) is 41.7 Å². The molecule has 1 atom stereocenters. The second-order valence-electron chi connectivity index (χ2n) is 5.38. The van der Waals surface area contributed by atoms with E-state index in [0.717, 1.165) is 23.2 Å². The van der Waals surface area contributed by atoms with Crippen molar-refractivity contribution in [2.45, 2.75) is 25.8 Å². The minimum absolute atomic E-state index is 0.0443. The number of anilines is 1. The van der Waals surface area contributed by atoms with Gasteiger partial charge in [-0.3, -0.25) is 4.79 Å². The van der Waals surface area contributed by atoms with E-state index in [1.165, 1.54) is 11.1 Å². The van der Waals surface area contributed by atoms with Gasteiger partial charge in [0.05, 0.1) is 6.42 Å². The van der Waals surface area contributed by atoms with Gasteiger partial charge in [0.25, 0.3) is 0 Å². The molecule has 3 heteroatoms. The lowest BCUT2D eigenvalue weighted by Crippen LogP contribution is -2.14. The minimum atomic E-state index is -0.0443. The highest BCUT2D eigenvalue weighted by Crippen LogP contribution is 2.27. The maximum Gasteiger partial charge on any atom is 0.228 e. The Morgan fingerprint density at radius 2 is 2.05 bits per heavy atom. The summed E-state index contributed by atoms with van der Waals surface area (Å²) >= 11 is 0. The third kappa shape index (κ3) is 2.45. The van der Waals surface area contributed by atoms with E-state index in [9.17, 15) is 4.79 Å². The number of nitrogens with two attached hydrogens (primary N) is 1. The van der Waals surface area contributed by atoms with E-state index in [1.54, 1.807) is 0 Å². The van der Waals surface area contributed by atoms with E-state index < -0.39 is 0 Å². The lowest BCUT2D eigenvalue weighted by atomic mass is 9.95. The van der Waals surface area contributed by atoms with Gasteiger partial charge in [-0.2, -0.15) is 0 Å². The Hall–Kier alpha value is -2.13. The van der Waals surface area contributed by atoms with Gasteiger partial charge >= 0.3 is 0 Å². The summed E-state index contributed by atoms with van der Waals surface area (Å²) in [5.74, 6) is 0.0598. The van der Waals surface area contributed by atoms with Crippen LogP contribution in [-0.2, 0) is 17.6 Å². The first-order chi connectivity index (χ1) is 9.63. The number of nitrogens with one attached hydrogen (secondary N) is 1. The number of carbonyl (C=O) groups excluding carboxylic acids is 1. The molecule has 0 spiro atoms. The van der Waals surface area contributed by atoms with Crippen LogP contribution in [0.1, 0.15) is 28.3 Å². The van der Waals surface area contributed by atoms with Gasteiger partial charge in [0.1, 0.15) is 0 Å². The van der Waals surface area contributed by atoms with E-state index in [-0.39, 0.29) is 11.9 Å². The fourth-order valence-electron chi connectivity index (χ4n) is 2.67. The molecule has 0 aliphatic carbocycles. The van der Waals surface area contributed by atoms with E-state index in [2.05, 4.69) is 30.4 Å². The molecule has 0 fully saturated rings. The Morgan fingerprint density at radius 1 is 1.25 bits per heavy atom. The number of carbonyl (C=O) groups is 1. The lowest BCUT2D eigenvalue weighted by Gasteiger charge is -2.15. The molecule has 0 bridgehead atoms. The highest BCUT2D eigenvalue weighted by Gasteiger charge is 2.19. The smallest absolute Gasteiger partial charge is 0.228 e. The van der Waals surface area contributed by atoms with Crippen LogP contribution in [0.25, 0.3) is 0 Å². The van der Waals surface area contributed by atoms with Gasteiger partial charge in [-0.15, -0.1) is 0 Å². The molecule has 0 saturated heterocycles. The van der Waals surface area contributed by atoms with Crippen molar-refractivity contribution in [1.29, 1.82) is 0 Å². The predicted molar refractivity (Wildman–Crippen MR) is 80.6 cm³/mol. The molecule has 1 unspecified atom stereocenters. The molecule has 102 valence electrons. The van der Waals surface area contributed by atoms with E-state index in [0.29, 0.717) is 6.42 Å². The predicted octanol–water partition coefficient (Wildman–Crippen LogP) is 2.73. The Morgan fingerprint density at radius 3 is 2.85 bits per heavy atom. The van der Waals surface area contributed by atoms with Crippen LogP contribution in [0, 0.1) is 6.92 Å². The summed E-state index contributed by atoms with van der Waals surface area (Å²) in [7, 11) is 0. The molecule has 3 N–H and O–H groups in total. The first-order valence-corrected chi connectivity index (χ1v) is 6.86. The molecule has 0 aromatic heterocycles. The zero-order chi connectivity index (χ0) is 14.1. The first kappa shape index (κ1) is 12.9. The Balaban J connectivity index is 1.82. The molecule has 20 heavy (non-hydrogen) atoms. The molecule has 3 nitrogen and oxygen atoms in total. The zero-order valence-electron chi connectivity index (χ0n) is 11.5. The molecule has 1 aliphatic rings. The van der Waals surface area contributed by atoms with Gasteiger partial charge in [0, 0.05) is 11.7 Å². The van der Waals surface area contributed by atoms with Crippen LogP contribution in [0.5, 0.6) is 0 Å². The minimum Gasteiger partial charge on any atom is -0.326 e. The third-order valence-corrected chi connectivity index (χ3v) is 3.88. The molecule has 3 rings (SSSR count). The van der Waals surface area contributed by atoms with E-state index in [4.69, 9.17) is 5.73 Å². The van der Waals surface area contributed by atoms with Crippen molar-refractivity contribution in [2.75, 3.05) is 5.32 Å². The fraction of sp³-hybridized carbons (Fsp3) is 0.235. The van der Waals surface area contributed by atoms with Crippen LogP contribution in [0.4, 0.5) is 5.69 Å². The summed E-state index contributed by atoms with van der Waals surface area (Å²) < 4.78 is 0. The second-order valence-corrected chi connectivity index (χ2v) is 5.38. The van der Waals surface area contributed by atoms with Gasteiger partial charge in [-0.25, -0.2) is 0 Å². The van der Waals surface area contributed by atoms with Crippen molar-refractivity contribution in [3.8, 4) is 0 Å². The van der Waals surface area contributed by atoms with Crippen molar-refractivity contribution in [2.24, 2.45) is 5.73 Å². The summed E-state index contributed by atoms with van der Waals surface area (Å²) in [6.07, 6.45) is 1.27. The van der Waals surface area contributed by atoms with Gasteiger partial charge in [-0.1, -0.05) is 36.4 Å². The largest absolute Gasteiger partial charge is 0.326 e. The van der Waals surface area contributed by atoms with Crippen LogP contribution in [0.3, 0.4) is 0 Å². The van der Waals surface area contributed by atoms with Gasteiger partial charge in [0.15, 0.2) is 0 Å². The SMILES string of the molecule is Cc1ccccc1CC(N)c1ccc2c(c1)CC(=O)N2. The number of hydrogen-bond acceptors (Lipinski definition) is 2. The van der Waals surface area contributed by atoms with Crippen LogP contribution < -0.4 is 11.1 Å². The number of hydrogen-bond donors (Lipinski definition) is 2. The number of fused-ring (bicyclic) bond motifs is 1. The van der Waals surface area contributed by atoms with Gasteiger partial charge < -0.3 is 11.1 Å². The summed E-state index contributed by atoms with van der Waals surface area (Å²) in [4.78, 5) is 11.4. The molecule has 1 aliphatic heterocycles. The van der Waals surface area contributed by atoms with Crippen molar-refractivity contribution >= 4 is 11.6 Å². The monoisotopic (exact) mass is 266 g/mol. The Bertz CT molecular complexity index is 664. The molecule has 2 aromatic rings. The maximum atomic E-state index is 11.4. The number of aryl methyl sites for hydroxylation is 1. The zero-order valence-corrected chi connectivity index (χ0v) is 11.5. The van der Waals surface area contributed by atoms with Crippen LogP contribution in [0.2, 0.25) is 0 Å². The van der Waals surface area contributed by atoms with E-state index >= 15 is 0 Å². The summed E-state index contributed by atoms with van der Waals surface area (Å²) in [5, 5.41) is 2.84. The molecular weight excluding hydrogens is 248 g/mol. The summed E-state index contributed by atoms with van der Waals surface area (Å²) in [6, 6.07) is 14.3. The quantitative estimate of drug-likeness (QED) is 0.897. The fourth-order valence-corrected chi connectivity index (χ4v) is 2.67. The average molecular weight is 266 g/mol. The van der Waals surface area contributed by atoms with Crippen molar-refractivity contribution in [3.05, 3.63) is 64.7 Å². The standard InChI is InChI=1S/C17H18N2O/c1-11-4-2-3-5-12(11)9-15(18)13-6-7-16-14(8-13)10-17(20)19-16/h2-8,15H,9-10,18H2,1H3,(H,19,20). The van der Waals surface area contributed by atoms with Gasteiger partial charge in [0.2, 0.25) is 5.91 Å². The van der Waals surface area contributed by atoms with Crippen LogP contribution >= 0.6 is 0 Å². The molecule has 1 heterocycles. The Kier molecular flexibility index (Phi) is 3.28. The number of benzene rings is 2. The van der Waals surface area contributed by atoms with Crippen molar-refractivity contribution < 1.29 is 4.79 Å². The topological polar surface area (TPSA) is 55.1 Å². The first-order valence-electron chi connectivity index (χ1n) is 6.86. The van der Waals surface area contributed by atoms with Crippen LogP contribution in [-0.4, -0.2) is 5.91 Å². The highest BCUT2D eigenvalue weighted by molar-refractivity contribution is 5.99. The Labute approximate surface area is 118 Å². The highest BCUT2D eigenvalue weighted by atomic mass is 16.1. The van der Waals surface area contributed by atoms with Crippen molar-refractivity contribution in [3.63, 3.8) is 0 Å². The number of rotatable bonds is 3. The third-order valence-electron chi connectivity index (χ3n) is 3.88. The lowest BCUT2D eigenvalue weighted by molar-refractivity contribution is -0.115. The molecular formula is C17H18N2O. The molecule has 2 aromatic carbocycles. The number of amides is 1. The molecule has 1 amide bonds. The summed E-state index contributed by atoms with van der Waals surface area (Å²) in [5.41, 5.74) is 11.9. The van der Waals surface area contributed by atoms with Crippen LogP contribution in [0.15, 0.2) is 42.5 Å². The summed E-state index contributed by atoms with van der Waals surface area (Å²) in [6.45, 7) is 2.10. The average Bonchev–Trinajstić information content (AvgIpc) is 2.80. The maximum absolute atomic E-state index is 11.4.